The average Bonchev–Trinajstić information content (AvgIpc) is 2.28. The minimum absolute atomic E-state index is 0.113. The quantitative estimate of drug-likeness (QED) is 0.739. The van der Waals surface area contributed by atoms with Crippen molar-refractivity contribution in [1.29, 1.82) is 0 Å². The number of halogens is 2. The molecule has 0 spiro atoms. The fourth-order valence-corrected chi connectivity index (χ4v) is 2.56. The molecule has 18 heavy (non-hydrogen) atoms. The molecule has 0 aromatic heterocycles. The van der Waals surface area contributed by atoms with Gasteiger partial charge < -0.3 is 0 Å². The van der Waals surface area contributed by atoms with E-state index in [1.54, 1.807) is 6.07 Å². The number of benzene rings is 2. The van der Waals surface area contributed by atoms with Gasteiger partial charge in [0, 0.05) is 21.5 Å². The van der Waals surface area contributed by atoms with Crippen molar-refractivity contribution in [3.05, 3.63) is 68.7 Å². The summed E-state index contributed by atoms with van der Waals surface area (Å²) in [5, 5.41) is 0.660. The molecule has 0 amide bonds. The van der Waals surface area contributed by atoms with E-state index in [4.69, 9.17) is 11.6 Å². The Labute approximate surface area is 120 Å². The fraction of sp³-hybridized carbons (Fsp3) is 0.133. The van der Waals surface area contributed by atoms with Crippen LogP contribution >= 0.6 is 27.5 Å². The molecule has 0 unspecified atom stereocenters. The molecule has 0 aliphatic rings. The summed E-state index contributed by atoms with van der Waals surface area (Å²) in [6, 6.07) is 13.1. The van der Waals surface area contributed by atoms with Crippen LogP contribution in [0.1, 0.15) is 21.5 Å². The lowest BCUT2D eigenvalue weighted by molar-refractivity contribution is 0.0992. The molecular weight excluding hydrogens is 312 g/mol. The average molecular weight is 324 g/mol. The van der Waals surface area contributed by atoms with E-state index in [-0.39, 0.29) is 5.78 Å². The van der Waals surface area contributed by atoms with Crippen LogP contribution in [0.25, 0.3) is 0 Å². The van der Waals surface area contributed by atoms with E-state index in [0.29, 0.717) is 11.4 Å². The highest BCUT2D eigenvalue weighted by atomic mass is 79.9. The summed E-state index contributed by atoms with van der Waals surface area (Å²) in [5.74, 6) is 0.113. The number of rotatable bonds is 3. The summed E-state index contributed by atoms with van der Waals surface area (Å²) in [7, 11) is 0. The van der Waals surface area contributed by atoms with Gasteiger partial charge in [-0.1, -0.05) is 45.7 Å². The zero-order chi connectivity index (χ0) is 13.1. The molecular formula is C15H12BrClO. The van der Waals surface area contributed by atoms with Crippen molar-refractivity contribution in [1.82, 2.24) is 0 Å². The first-order valence-corrected chi connectivity index (χ1v) is 6.77. The normalized spacial score (nSPS) is 10.4. The molecule has 0 aliphatic carbocycles. The smallest absolute Gasteiger partial charge is 0.167 e. The van der Waals surface area contributed by atoms with E-state index in [9.17, 15) is 4.79 Å². The molecule has 0 atom stereocenters. The Kier molecular flexibility index (Phi) is 4.20. The second-order valence-electron chi connectivity index (χ2n) is 4.19. The summed E-state index contributed by atoms with van der Waals surface area (Å²) >= 11 is 9.30. The van der Waals surface area contributed by atoms with Gasteiger partial charge in [0.15, 0.2) is 5.78 Å². The Morgan fingerprint density at radius 1 is 1.22 bits per heavy atom. The van der Waals surface area contributed by atoms with Crippen LogP contribution in [-0.4, -0.2) is 5.78 Å². The van der Waals surface area contributed by atoms with Crippen LogP contribution in [-0.2, 0) is 6.42 Å². The van der Waals surface area contributed by atoms with Crippen molar-refractivity contribution < 1.29 is 4.79 Å². The van der Waals surface area contributed by atoms with E-state index in [2.05, 4.69) is 15.9 Å². The van der Waals surface area contributed by atoms with Gasteiger partial charge in [0.05, 0.1) is 0 Å². The molecule has 0 N–H and O–H groups in total. The second kappa shape index (κ2) is 5.68. The van der Waals surface area contributed by atoms with Crippen LogP contribution < -0.4 is 0 Å². The summed E-state index contributed by atoms with van der Waals surface area (Å²) in [4.78, 5) is 12.2. The highest BCUT2D eigenvalue weighted by Crippen LogP contribution is 2.18. The summed E-state index contributed by atoms with van der Waals surface area (Å²) in [6.45, 7) is 1.94. The number of hydrogen-bond donors (Lipinski definition) is 0. The van der Waals surface area contributed by atoms with E-state index in [0.717, 1.165) is 21.2 Å². The van der Waals surface area contributed by atoms with E-state index in [1.165, 1.54) is 0 Å². The van der Waals surface area contributed by atoms with Crippen LogP contribution in [0.2, 0.25) is 5.02 Å². The van der Waals surface area contributed by atoms with Gasteiger partial charge in [-0.3, -0.25) is 4.79 Å². The lowest BCUT2D eigenvalue weighted by atomic mass is 9.99. The molecule has 2 rings (SSSR count). The van der Waals surface area contributed by atoms with Gasteiger partial charge in [-0.25, -0.2) is 0 Å². The summed E-state index contributed by atoms with van der Waals surface area (Å²) < 4.78 is 0.985. The standard InChI is InChI=1S/C15H12BrClO/c1-10-7-12(16)5-6-14(10)15(18)9-11-3-2-4-13(17)8-11/h2-8H,9H2,1H3. The number of aryl methyl sites for hydroxylation is 1. The monoisotopic (exact) mass is 322 g/mol. The molecule has 0 saturated carbocycles. The third-order valence-corrected chi connectivity index (χ3v) is 3.47. The van der Waals surface area contributed by atoms with Crippen molar-refractivity contribution in [2.75, 3.05) is 0 Å². The van der Waals surface area contributed by atoms with E-state index in [1.807, 2.05) is 43.3 Å². The molecule has 0 aliphatic heterocycles. The highest BCUT2D eigenvalue weighted by molar-refractivity contribution is 9.10. The molecule has 0 bridgehead atoms. The van der Waals surface area contributed by atoms with Crippen LogP contribution in [0, 0.1) is 6.92 Å². The number of Topliss-reactive ketones (excluding diaryl/α,β-unsaturated/α-hetero) is 1. The van der Waals surface area contributed by atoms with Crippen molar-refractivity contribution in [3.63, 3.8) is 0 Å². The molecule has 92 valence electrons. The Balaban J connectivity index is 2.22. The minimum Gasteiger partial charge on any atom is -0.294 e. The Morgan fingerprint density at radius 3 is 2.67 bits per heavy atom. The lowest BCUT2D eigenvalue weighted by Gasteiger charge is -2.06. The minimum atomic E-state index is 0.113. The highest BCUT2D eigenvalue weighted by Gasteiger charge is 2.10. The van der Waals surface area contributed by atoms with Crippen LogP contribution in [0.3, 0.4) is 0 Å². The third-order valence-electron chi connectivity index (χ3n) is 2.74. The molecule has 0 radical (unpaired) electrons. The maximum Gasteiger partial charge on any atom is 0.167 e. The van der Waals surface area contributed by atoms with Crippen molar-refractivity contribution >= 4 is 33.3 Å². The van der Waals surface area contributed by atoms with Gasteiger partial charge in [0.1, 0.15) is 0 Å². The molecule has 0 saturated heterocycles. The third kappa shape index (κ3) is 3.21. The topological polar surface area (TPSA) is 17.1 Å². The number of ketones is 1. The van der Waals surface area contributed by atoms with Gasteiger partial charge in [-0.2, -0.15) is 0 Å². The number of hydrogen-bond acceptors (Lipinski definition) is 1. The Bertz CT molecular complexity index is 593. The first kappa shape index (κ1) is 13.3. The maximum absolute atomic E-state index is 12.2. The first-order chi connectivity index (χ1) is 8.56. The lowest BCUT2D eigenvalue weighted by Crippen LogP contribution is -2.05. The molecule has 3 heteroatoms. The zero-order valence-corrected chi connectivity index (χ0v) is 12.3. The summed E-state index contributed by atoms with van der Waals surface area (Å²) in [6.07, 6.45) is 0.378. The van der Waals surface area contributed by atoms with Crippen molar-refractivity contribution in [3.8, 4) is 0 Å². The molecule has 1 nitrogen and oxygen atoms in total. The van der Waals surface area contributed by atoms with Crippen LogP contribution in [0.5, 0.6) is 0 Å². The Hall–Kier alpha value is -1.12. The zero-order valence-electron chi connectivity index (χ0n) is 9.91. The summed E-state index contributed by atoms with van der Waals surface area (Å²) in [5.41, 5.74) is 2.68. The van der Waals surface area contributed by atoms with Gasteiger partial charge in [0.25, 0.3) is 0 Å². The maximum atomic E-state index is 12.2. The van der Waals surface area contributed by atoms with E-state index >= 15 is 0 Å². The van der Waals surface area contributed by atoms with Gasteiger partial charge >= 0.3 is 0 Å². The van der Waals surface area contributed by atoms with Gasteiger partial charge in [-0.15, -0.1) is 0 Å². The van der Waals surface area contributed by atoms with Gasteiger partial charge in [0.2, 0.25) is 0 Å². The van der Waals surface area contributed by atoms with Crippen LogP contribution in [0.15, 0.2) is 46.9 Å². The predicted molar refractivity (Wildman–Crippen MR) is 78.4 cm³/mol. The number of carbonyl (C=O) groups excluding carboxylic acids is 1. The number of carbonyl (C=O) groups is 1. The molecule has 0 heterocycles. The van der Waals surface area contributed by atoms with Crippen molar-refractivity contribution in [2.45, 2.75) is 13.3 Å². The Morgan fingerprint density at radius 2 is 2.00 bits per heavy atom. The van der Waals surface area contributed by atoms with Gasteiger partial charge in [-0.05, 0) is 42.3 Å². The molecule has 0 fully saturated rings. The van der Waals surface area contributed by atoms with E-state index < -0.39 is 0 Å². The first-order valence-electron chi connectivity index (χ1n) is 5.60. The predicted octanol–water partition coefficient (Wildman–Crippen LogP) is 4.84. The molecule has 2 aromatic carbocycles. The van der Waals surface area contributed by atoms with Crippen LogP contribution in [0.4, 0.5) is 0 Å². The second-order valence-corrected chi connectivity index (χ2v) is 5.54. The largest absolute Gasteiger partial charge is 0.294 e. The van der Waals surface area contributed by atoms with Crippen molar-refractivity contribution in [2.24, 2.45) is 0 Å². The molecule has 2 aromatic rings. The fourth-order valence-electron chi connectivity index (χ4n) is 1.87. The SMILES string of the molecule is Cc1cc(Br)ccc1C(=O)Cc1cccc(Cl)c1.